The van der Waals surface area contributed by atoms with Gasteiger partial charge < -0.3 is 19.1 Å². The topological polar surface area (TPSA) is 56.7 Å². The molecule has 2 saturated heterocycles. The van der Waals surface area contributed by atoms with Gasteiger partial charge in [-0.15, -0.1) is 0 Å². The van der Waals surface area contributed by atoms with E-state index < -0.39 is 0 Å². The lowest BCUT2D eigenvalue weighted by Crippen LogP contribution is -2.38. The molecule has 0 amide bonds. The summed E-state index contributed by atoms with van der Waals surface area (Å²) in [7, 11) is 1.70. The molecule has 1 aromatic heterocycles. The van der Waals surface area contributed by atoms with E-state index in [9.17, 15) is 0 Å². The molecule has 22 heavy (non-hydrogen) atoms. The first-order valence-electron chi connectivity index (χ1n) is 8.15. The second-order valence-corrected chi connectivity index (χ2v) is 6.62. The van der Waals surface area contributed by atoms with Gasteiger partial charge in [-0.05, 0) is 25.7 Å². The summed E-state index contributed by atoms with van der Waals surface area (Å²) in [5.74, 6) is 0.888. The highest BCUT2D eigenvalue weighted by Gasteiger charge is 2.24. The minimum Gasteiger partial charge on any atom is -0.384 e. The highest BCUT2D eigenvalue weighted by molar-refractivity contribution is 7.09. The number of hydrogen-bond acceptors (Lipinski definition) is 7. The molecule has 1 aromatic rings. The van der Waals surface area contributed by atoms with E-state index in [2.05, 4.69) is 14.3 Å². The molecule has 0 spiro atoms. The SMILES string of the molecule is COCCc1nsc(N2CCC(OC[C@@H]3CCCO3)CC2)n1. The van der Waals surface area contributed by atoms with Crippen LogP contribution < -0.4 is 4.90 Å². The zero-order chi connectivity index (χ0) is 15.2. The van der Waals surface area contributed by atoms with Crippen LogP contribution in [-0.4, -0.2) is 61.6 Å². The zero-order valence-electron chi connectivity index (χ0n) is 13.2. The molecule has 1 atom stereocenters. The van der Waals surface area contributed by atoms with Gasteiger partial charge in [0.05, 0.1) is 25.4 Å². The minimum atomic E-state index is 0.324. The minimum absolute atomic E-state index is 0.324. The van der Waals surface area contributed by atoms with Crippen LogP contribution in [0.15, 0.2) is 0 Å². The van der Waals surface area contributed by atoms with Gasteiger partial charge in [-0.2, -0.15) is 4.37 Å². The molecular formula is C15H25N3O3S. The normalized spacial score (nSPS) is 23.3. The van der Waals surface area contributed by atoms with Gasteiger partial charge in [-0.1, -0.05) is 0 Å². The molecule has 6 nitrogen and oxygen atoms in total. The molecule has 0 bridgehead atoms. The highest BCUT2D eigenvalue weighted by atomic mass is 32.1. The number of methoxy groups -OCH3 is 1. The van der Waals surface area contributed by atoms with Crippen molar-refractivity contribution < 1.29 is 14.2 Å². The Hall–Kier alpha value is -0.760. The van der Waals surface area contributed by atoms with E-state index >= 15 is 0 Å². The van der Waals surface area contributed by atoms with Crippen molar-refractivity contribution in [1.82, 2.24) is 9.36 Å². The van der Waals surface area contributed by atoms with Crippen LogP contribution in [0.4, 0.5) is 5.13 Å². The first-order valence-corrected chi connectivity index (χ1v) is 8.92. The van der Waals surface area contributed by atoms with Crippen LogP contribution in [0.2, 0.25) is 0 Å². The molecule has 0 N–H and O–H groups in total. The predicted molar refractivity (Wildman–Crippen MR) is 85.7 cm³/mol. The third-order valence-corrected chi connectivity index (χ3v) is 5.06. The summed E-state index contributed by atoms with van der Waals surface area (Å²) < 4.78 is 21.1. The first-order chi connectivity index (χ1) is 10.8. The molecule has 3 heterocycles. The van der Waals surface area contributed by atoms with Gasteiger partial charge in [0.25, 0.3) is 0 Å². The smallest absolute Gasteiger partial charge is 0.205 e. The number of hydrogen-bond donors (Lipinski definition) is 0. The van der Waals surface area contributed by atoms with Crippen LogP contribution in [0.3, 0.4) is 0 Å². The first kappa shape index (κ1) is 16.1. The second kappa shape index (κ2) is 8.19. The van der Waals surface area contributed by atoms with Crippen molar-refractivity contribution in [2.24, 2.45) is 0 Å². The summed E-state index contributed by atoms with van der Waals surface area (Å²) in [6.07, 6.45) is 5.90. The Morgan fingerprint density at radius 2 is 2.18 bits per heavy atom. The van der Waals surface area contributed by atoms with E-state index in [-0.39, 0.29) is 0 Å². The Bertz CT molecular complexity index is 443. The third kappa shape index (κ3) is 4.38. The molecule has 2 aliphatic heterocycles. The van der Waals surface area contributed by atoms with E-state index in [1.165, 1.54) is 18.0 Å². The molecule has 0 saturated carbocycles. The van der Waals surface area contributed by atoms with Crippen LogP contribution in [0.1, 0.15) is 31.5 Å². The lowest BCUT2D eigenvalue weighted by atomic mass is 10.1. The van der Waals surface area contributed by atoms with E-state index in [1.807, 2.05) is 0 Å². The summed E-state index contributed by atoms with van der Waals surface area (Å²) >= 11 is 1.49. The van der Waals surface area contributed by atoms with Crippen molar-refractivity contribution in [2.45, 2.75) is 44.3 Å². The maximum atomic E-state index is 6.01. The molecule has 0 aliphatic carbocycles. The Kier molecular flexibility index (Phi) is 6.00. The Morgan fingerprint density at radius 3 is 2.91 bits per heavy atom. The van der Waals surface area contributed by atoms with Gasteiger partial charge >= 0.3 is 0 Å². The summed E-state index contributed by atoms with van der Waals surface area (Å²) in [4.78, 5) is 6.92. The number of ether oxygens (including phenoxy) is 3. The number of aromatic nitrogens is 2. The summed E-state index contributed by atoms with van der Waals surface area (Å²) in [5.41, 5.74) is 0. The van der Waals surface area contributed by atoms with E-state index in [0.717, 1.165) is 62.9 Å². The third-order valence-electron chi connectivity index (χ3n) is 4.24. The summed E-state index contributed by atoms with van der Waals surface area (Å²) in [5, 5.41) is 1.03. The summed E-state index contributed by atoms with van der Waals surface area (Å²) in [6.45, 7) is 4.32. The van der Waals surface area contributed by atoms with Crippen molar-refractivity contribution >= 4 is 16.7 Å². The zero-order valence-corrected chi connectivity index (χ0v) is 14.0. The molecule has 0 aromatic carbocycles. The average Bonchev–Trinajstić information content (AvgIpc) is 3.23. The van der Waals surface area contributed by atoms with Crippen LogP contribution in [0.5, 0.6) is 0 Å². The molecule has 2 aliphatic rings. The molecule has 2 fully saturated rings. The van der Waals surface area contributed by atoms with Gasteiger partial charge in [0.15, 0.2) is 0 Å². The van der Waals surface area contributed by atoms with Crippen molar-refractivity contribution in [2.75, 3.05) is 44.9 Å². The number of anilines is 1. The van der Waals surface area contributed by atoms with Gasteiger partial charge in [0.1, 0.15) is 5.82 Å². The Morgan fingerprint density at radius 1 is 1.32 bits per heavy atom. The number of piperidine rings is 1. The average molecular weight is 327 g/mol. The fraction of sp³-hybridized carbons (Fsp3) is 0.867. The predicted octanol–water partition coefficient (Wildman–Crippen LogP) is 1.89. The van der Waals surface area contributed by atoms with Crippen LogP contribution in [0.25, 0.3) is 0 Å². The fourth-order valence-corrected chi connectivity index (χ4v) is 3.66. The quantitative estimate of drug-likeness (QED) is 0.762. The Labute approximate surface area is 135 Å². The van der Waals surface area contributed by atoms with Gasteiger partial charge in [0, 0.05) is 44.8 Å². The van der Waals surface area contributed by atoms with Crippen molar-refractivity contribution in [3.05, 3.63) is 5.82 Å². The standard InChI is InChI=1S/C15H25N3O3S/c1-19-10-6-14-16-15(22-17-14)18-7-4-12(5-8-18)21-11-13-3-2-9-20-13/h12-13H,2-11H2,1H3/t13-/m0/s1. The van der Waals surface area contributed by atoms with Crippen molar-refractivity contribution in [1.29, 1.82) is 0 Å². The maximum absolute atomic E-state index is 6.01. The van der Waals surface area contributed by atoms with Crippen molar-refractivity contribution in [3.8, 4) is 0 Å². The number of rotatable bonds is 7. The maximum Gasteiger partial charge on any atom is 0.205 e. The Balaban J connectivity index is 1.40. The van der Waals surface area contributed by atoms with Gasteiger partial charge in [-0.3, -0.25) is 0 Å². The van der Waals surface area contributed by atoms with E-state index in [1.54, 1.807) is 7.11 Å². The van der Waals surface area contributed by atoms with E-state index in [4.69, 9.17) is 14.2 Å². The molecular weight excluding hydrogens is 302 g/mol. The molecule has 0 unspecified atom stereocenters. The van der Waals surface area contributed by atoms with Crippen LogP contribution >= 0.6 is 11.5 Å². The van der Waals surface area contributed by atoms with Crippen LogP contribution in [-0.2, 0) is 20.6 Å². The fourth-order valence-electron chi connectivity index (χ4n) is 2.90. The van der Waals surface area contributed by atoms with Gasteiger partial charge in [-0.25, -0.2) is 4.98 Å². The van der Waals surface area contributed by atoms with E-state index in [0.29, 0.717) is 18.8 Å². The monoisotopic (exact) mass is 327 g/mol. The molecule has 124 valence electrons. The van der Waals surface area contributed by atoms with Crippen LogP contribution in [0, 0.1) is 0 Å². The summed E-state index contributed by atoms with van der Waals surface area (Å²) in [6, 6.07) is 0. The largest absolute Gasteiger partial charge is 0.384 e. The molecule has 7 heteroatoms. The lowest BCUT2D eigenvalue weighted by Gasteiger charge is -2.31. The highest BCUT2D eigenvalue weighted by Crippen LogP contribution is 2.24. The second-order valence-electron chi connectivity index (χ2n) is 5.89. The van der Waals surface area contributed by atoms with Gasteiger partial charge in [0.2, 0.25) is 5.13 Å². The lowest BCUT2D eigenvalue weighted by molar-refractivity contribution is -0.0280. The number of nitrogens with zero attached hydrogens (tertiary/aromatic N) is 3. The molecule has 3 rings (SSSR count). The van der Waals surface area contributed by atoms with Crippen molar-refractivity contribution in [3.63, 3.8) is 0 Å². The molecule has 0 radical (unpaired) electrons.